The van der Waals surface area contributed by atoms with Crippen molar-refractivity contribution in [2.45, 2.75) is 51.2 Å². The van der Waals surface area contributed by atoms with Gasteiger partial charge in [0.2, 0.25) is 5.91 Å². The molecule has 0 aliphatic carbocycles. The first-order valence-corrected chi connectivity index (χ1v) is 11.3. The summed E-state index contributed by atoms with van der Waals surface area (Å²) < 4.78 is 35.3. The number of carbonyl (C=O) groups excluding carboxylic acids is 2. The Kier molecular flexibility index (Phi) is 5.99. The molecule has 2 aromatic rings. The van der Waals surface area contributed by atoms with Gasteiger partial charge in [0.1, 0.15) is 11.4 Å². The van der Waals surface area contributed by atoms with E-state index >= 15 is 0 Å². The average Bonchev–Trinajstić information content (AvgIpc) is 2.94. The maximum Gasteiger partial charge on any atom is 0.410 e. The first-order valence-electron chi connectivity index (χ1n) is 9.79. The van der Waals surface area contributed by atoms with Crippen molar-refractivity contribution in [3.8, 4) is 0 Å². The van der Waals surface area contributed by atoms with Crippen molar-refractivity contribution in [2.24, 2.45) is 7.05 Å². The second kappa shape index (κ2) is 8.22. The number of rotatable bonds is 4. The molecule has 2 amide bonds. The summed E-state index contributed by atoms with van der Waals surface area (Å²) in [5, 5.41) is 7.00. The van der Waals surface area contributed by atoms with Gasteiger partial charge < -0.3 is 15.0 Å². The molecule has 31 heavy (non-hydrogen) atoms. The van der Waals surface area contributed by atoms with Crippen molar-refractivity contribution < 1.29 is 22.7 Å². The Hall–Kier alpha value is -3.08. The Labute approximate surface area is 181 Å². The summed E-state index contributed by atoms with van der Waals surface area (Å²) >= 11 is 0. The van der Waals surface area contributed by atoms with Crippen LogP contribution in [0.3, 0.4) is 0 Å². The van der Waals surface area contributed by atoms with E-state index in [1.54, 1.807) is 27.8 Å². The maximum atomic E-state index is 12.9. The van der Waals surface area contributed by atoms with Crippen LogP contribution in [-0.2, 0) is 39.6 Å². The Balaban J connectivity index is 1.82. The Bertz CT molecular complexity index is 1100. The van der Waals surface area contributed by atoms with E-state index in [0.717, 1.165) is 5.69 Å². The van der Waals surface area contributed by atoms with E-state index in [0.29, 0.717) is 30.0 Å². The number of fused-ring (bicyclic) bond motifs is 1. The normalized spacial score (nSPS) is 14.0. The minimum Gasteiger partial charge on any atom is -0.444 e. The predicted molar refractivity (Wildman–Crippen MR) is 115 cm³/mol. The molecule has 0 fully saturated rings. The standard InChI is InChI=1S/C20H27N5O5S/c1-13(26)21-14-6-8-15(9-7-14)31(28,29)23-18-16-12-25(19(27)30-20(2,3)4)11-10-17(16)22-24(18)5/h6-9,23H,10-12H2,1-5H3,(H,21,26). The van der Waals surface area contributed by atoms with Crippen molar-refractivity contribution in [3.63, 3.8) is 0 Å². The fraction of sp³-hybridized carbons (Fsp3) is 0.450. The van der Waals surface area contributed by atoms with Crippen molar-refractivity contribution in [1.29, 1.82) is 0 Å². The molecular formula is C20H27N5O5S. The van der Waals surface area contributed by atoms with Crippen LogP contribution in [0.4, 0.5) is 16.3 Å². The molecule has 1 aliphatic heterocycles. The van der Waals surface area contributed by atoms with Crippen LogP contribution < -0.4 is 10.0 Å². The number of anilines is 2. The molecule has 0 bridgehead atoms. The van der Waals surface area contributed by atoms with Crippen molar-refractivity contribution in [3.05, 3.63) is 35.5 Å². The second-order valence-electron chi connectivity index (χ2n) is 8.36. The quantitative estimate of drug-likeness (QED) is 0.739. The van der Waals surface area contributed by atoms with E-state index < -0.39 is 21.7 Å². The van der Waals surface area contributed by atoms with Crippen molar-refractivity contribution in [2.75, 3.05) is 16.6 Å². The van der Waals surface area contributed by atoms with E-state index in [2.05, 4.69) is 15.1 Å². The summed E-state index contributed by atoms with van der Waals surface area (Å²) in [7, 11) is -2.26. The lowest BCUT2D eigenvalue weighted by atomic mass is 10.1. The molecule has 11 heteroatoms. The monoisotopic (exact) mass is 449 g/mol. The van der Waals surface area contributed by atoms with Crippen LogP contribution in [0.2, 0.25) is 0 Å². The van der Waals surface area contributed by atoms with Gasteiger partial charge in [0.15, 0.2) is 0 Å². The zero-order valence-electron chi connectivity index (χ0n) is 18.2. The molecule has 1 aromatic carbocycles. The third-order valence-corrected chi connectivity index (χ3v) is 5.92. The molecule has 1 aromatic heterocycles. The number of nitrogens with one attached hydrogen (secondary N) is 2. The SMILES string of the molecule is CC(=O)Nc1ccc(S(=O)(=O)Nc2c3c(nn2C)CCN(C(=O)OC(C)(C)C)C3)cc1. The number of benzene rings is 1. The highest BCUT2D eigenvalue weighted by molar-refractivity contribution is 7.92. The van der Waals surface area contributed by atoms with E-state index in [-0.39, 0.29) is 17.3 Å². The van der Waals surface area contributed by atoms with E-state index in [9.17, 15) is 18.0 Å². The van der Waals surface area contributed by atoms with Gasteiger partial charge in [-0.15, -0.1) is 0 Å². The first kappa shape index (κ1) is 22.6. The summed E-state index contributed by atoms with van der Waals surface area (Å²) in [4.78, 5) is 25.2. The molecule has 2 N–H and O–H groups in total. The van der Waals surface area contributed by atoms with Gasteiger partial charge in [-0.25, -0.2) is 13.2 Å². The molecule has 0 atom stereocenters. The number of aryl methyl sites for hydroxylation is 1. The number of amides is 2. The molecule has 2 heterocycles. The van der Waals surface area contributed by atoms with Gasteiger partial charge in [-0.3, -0.25) is 14.2 Å². The van der Waals surface area contributed by atoms with E-state index in [1.165, 1.54) is 40.8 Å². The molecular weight excluding hydrogens is 422 g/mol. The van der Waals surface area contributed by atoms with E-state index in [1.807, 2.05) is 0 Å². The third-order valence-electron chi connectivity index (χ3n) is 4.56. The minimum absolute atomic E-state index is 0.0383. The Morgan fingerprint density at radius 3 is 2.39 bits per heavy atom. The fourth-order valence-electron chi connectivity index (χ4n) is 3.22. The lowest BCUT2D eigenvalue weighted by molar-refractivity contribution is -0.114. The van der Waals surface area contributed by atoms with Crippen LogP contribution >= 0.6 is 0 Å². The third kappa shape index (κ3) is 5.35. The van der Waals surface area contributed by atoms with Crippen LogP contribution in [0, 0.1) is 0 Å². The van der Waals surface area contributed by atoms with E-state index in [4.69, 9.17) is 4.74 Å². The summed E-state index contributed by atoms with van der Waals surface area (Å²) in [5.41, 5.74) is 1.25. The fourth-order valence-corrected chi connectivity index (χ4v) is 4.34. The molecule has 168 valence electrons. The lowest BCUT2D eigenvalue weighted by Crippen LogP contribution is -2.40. The zero-order valence-corrected chi connectivity index (χ0v) is 19.0. The molecule has 0 unspecified atom stereocenters. The van der Waals surface area contributed by atoms with Crippen molar-refractivity contribution in [1.82, 2.24) is 14.7 Å². The summed E-state index contributed by atoms with van der Waals surface area (Å²) in [5.74, 6) is 0.0546. The highest BCUT2D eigenvalue weighted by atomic mass is 32.2. The minimum atomic E-state index is -3.91. The van der Waals surface area contributed by atoms with Gasteiger partial charge >= 0.3 is 6.09 Å². The van der Waals surface area contributed by atoms with Crippen LogP contribution in [0.1, 0.15) is 39.0 Å². The summed E-state index contributed by atoms with van der Waals surface area (Å²) in [6.45, 7) is 7.38. The van der Waals surface area contributed by atoms with Crippen LogP contribution in [0.25, 0.3) is 0 Å². The zero-order chi connectivity index (χ0) is 23.0. The number of hydrogen-bond acceptors (Lipinski definition) is 6. The van der Waals surface area contributed by atoms with Crippen LogP contribution in [0.15, 0.2) is 29.2 Å². The van der Waals surface area contributed by atoms with Gasteiger partial charge in [0, 0.05) is 38.2 Å². The largest absolute Gasteiger partial charge is 0.444 e. The van der Waals surface area contributed by atoms with Gasteiger partial charge in [-0.1, -0.05) is 0 Å². The second-order valence-corrected chi connectivity index (χ2v) is 10.0. The topological polar surface area (TPSA) is 123 Å². The number of ether oxygens (including phenoxy) is 1. The average molecular weight is 450 g/mol. The van der Waals surface area contributed by atoms with Gasteiger partial charge in [-0.2, -0.15) is 5.10 Å². The first-order chi connectivity index (χ1) is 14.4. The highest BCUT2D eigenvalue weighted by Gasteiger charge is 2.31. The number of nitrogens with zero attached hydrogens (tertiary/aromatic N) is 3. The van der Waals surface area contributed by atoms with Gasteiger partial charge in [-0.05, 0) is 45.0 Å². The van der Waals surface area contributed by atoms with Gasteiger partial charge in [0.25, 0.3) is 10.0 Å². The smallest absolute Gasteiger partial charge is 0.410 e. The summed E-state index contributed by atoms with van der Waals surface area (Å²) in [6, 6.07) is 5.84. The van der Waals surface area contributed by atoms with Crippen LogP contribution in [0.5, 0.6) is 0 Å². The molecule has 0 spiro atoms. The van der Waals surface area contributed by atoms with Crippen LogP contribution in [-0.4, -0.2) is 47.2 Å². The number of aromatic nitrogens is 2. The molecule has 3 rings (SSSR count). The Morgan fingerprint density at radius 2 is 1.81 bits per heavy atom. The highest BCUT2D eigenvalue weighted by Crippen LogP contribution is 2.29. The molecule has 1 aliphatic rings. The molecule has 0 radical (unpaired) electrons. The number of carbonyl (C=O) groups is 2. The molecule has 0 saturated carbocycles. The summed E-state index contributed by atoms with van der Waals surface area (Å²) in [6.07, 6.45) is 0.0413. The predicted octanol–water partition coefficient (Wildman–Crippen LogP) is 2.47. The number of hydrogen-bond donors (Lipinski definition) is 2. The maximum absolute atomic E-state index is 12.9. The lowest BCUT2D eigenvalue weighted by Gasteiger charge is -2.29. The molecule has 10 nitrogen and oxygen atoms in total. The molecule has 0 saturated heterocycles. The Morgan fingerprint density at radius 1 is 1.16 bits per heavy atom. The van der Waals surface area contributed by atoms with Crippen molar-refractivity contribution >= 4 is 33.5 Å². The van der Waals surface area contributed by atoms with Gasteiger partial charge in [0.05, 0.1) is 17.1 Å². The number of sulfonamides is 1.